The molecular formula is C33H34F7N5O4. The number of benzene rings is 1. The van der Waals surface area contributed by atoms with E-state index in [2.05, 4.69) is 9.97 Å². The van der Waals surface area contributed by atoms with E-state index in [1.165, 1.54) is 25.4 Å². The largest absolute Gasteiger partial charge is 0.481 e. The minimum Gasteiger partial charge on any atom is -0.481 e. The highest BCUT2D eigenvalue weighted by Crippen LogP contribution is 2.41. The smallest absolute Gasteiger partial charge is 0.416 e. The van der Waals surface area contributed by atoms with Gasteiger partial charge in [-0.25, -0.2) is 19.2 Å². The number of anilines is 1. The van der Waals surface area contributed by atoms with Crippen LogP contribution in [-0.4, -0.2) is 56.2 Å². The van der Waals surface area contributed by atoms with Crippen LogP contribution in [0.1, 0.15) is 74.4 Å². The number of aliphatic carboxylic acids is 1. The molecule has 1 amide bonds. The number of ether oxygens (including phenoxy) is 1. The van der Waals surface area contributed by atoms with Crippen molar-refractivity contribution < 1.29 is 50.2 Å². The summed E-state index contributed by atoms with van der Waals surface area (Å²) in [5.41, 5.74) is -2.77. The van der Waals surface area contributed by atoms with E-state index in [4.69, 9.17) is 14.8 Å². The normalized spacial score (nSPS) is 21.5. The van der Waals surface area contributed by atoms with Gasteiger partial charge < -0.3 is 14.7 Å². The summed E-state index contributed by atoms with van der Waals surface area (Å²) < 4.78 is 101. The maximum Gasteiger partial charge on any atom is 0.416 e. The van der Waals surface area contributed by atoms with Gasteiger partial charge in [-0.3, -0.25) is 14.7 Å². The van der Waals surface area contributed by atoms with Crippen LogP contribution in [0.25, 0.3) is 11.3 Å². The SMILES string of the molecule is CCN(CC1CCC(CC(=O)O)CC1)c1ncc(-c2cncc(F)c2)nc1CN1C(=O)OC(c2cc(C(F)(F)F)cc(C(F)(F)F)c2)[C@@H]1C. The third-order valence-electron chi connectivity index (χ3n) is 9.06. The van der Waals surface area contributed by atoms with Crippen molar-refractivity contribution in [2.45, 2.75) is 77.0 Å². The summed E-state index contributed by atoms with van der Waals surface area (Å²) in [7, 11) is 0. The molecule has 2 atom stereocenters. The Balaban J connectivity index is 1.46. The van der Waals surface area contributed by atoms with E-state index >= 15 is 0 Å². The molecule has 3 aromatic rings. The first-order valence-electron chi connectivity index (χ1n) is 15.7. The Morgan fingerprint density at radius 2 is 1.61 bits per heavy atom. The lowest BCUT2D eigenvalue weighted by molar-refractivity contribution is -0.143. The van der Waals surface area contributed by atoms with Gasteiger partial charge in [0.2, 0.25) is 0 Å². The Morgan fingerprint density at radius 1 is 0.980 bits per heavy atom. The van der Waals surface area contributed by atoms with Gasteiger partial charge in [-0.1, -0.05) is 0 Å². The summed E-state index contributed by atoms with van der Waals surface area (Å²) in [4.78, 5) is 40.6. The summed E-state index contributed by atoms with van der Waals surface area (Å²) in [6, 6.07) is 1.27. The second kappa shape index (κ2) is 14.2. The van der Waals surface area contributed by atoms with Crippen LogP contribution < -0.4 is 4.90 Å². The van der Waals surface area contributed by atoms with E-state index in [0.717, 1.165) is 36.8 Å². The lowest BCUT2D eigenvalue weighted by Gasteiger charge is -2.33. The number of carbonyl (C=O) groups is 2. The predicted molar refractivity (Wildman–Crippen MR) is 161 cm³/mol. The summed E-state index contributed by atoms with van der Waals surface area (Å²) >= 11 is 0. The number of aromatic nitrogens is 3. The fourth-order valence-corrected chi connectivity index (χ4v) is 6.49. The maximum absolute atomic E-state index is 14.1. The Morgan fingerprint density at radius 3 is 2.18 bits per heavy atom. The molecule has 2 aliphatic rings. The first kappa shape index (κ1) is 35.8. The average Bonchev–Trinajstić information content (AvgIpc) is 3.31. The minimum absolute atomic E-state index is 0.00923. The highest BCUT2D eigenvalue weighted by Gasteiger charge is 2.44. The van der Waals surface area contributed by atoms with Crippen LogP contribution in [0.5, 0.6) is 0 Å². The predicted octanol–water partition coefficient (Wildman–Crippen LogP) is 7.90. The molecule has 2 fully saturated rings. The zero-order valence-electron chi connectivity index (χ0n) is 26.6. The van der Waals surface area contributed by atoms with Crippen molar-refractivity contribution in [1.82, 2.24) is 19.9 Å². The zero-order valence-corrected chi connectivity index (χ0v) is 26.6. The van der Waals surface area contributed by atoms with Crippen LogP contribution in [0.3, 0.4) is 0 Å². The number of pyridine rings is 1. The number of rotatable bonds is 10. The van der Waals surface area contributed by atoms with Gasteiger partial charge in [0.1, 0.15) is 17.6 Å². The second-order valence-electron chi connectivity index (χ2n) is 12.5. The van der Waals surface area contributed by atoms with E-state index in [-0.39, 0.29) is 42.3 Å². The van der Waals surface area contributed by atoms with Crippen molar-refractivity contribution in [2.24, 2.45) is 11.8 Å². The monoisotopic (exact) mass is 697 g/mol. The number of cyclic esters (lactones) is 1. The fourth-order valence-electron chi connectivity index (χ4n) is 6.49. The van der Waals surface area contributed by atoms with Crippen LogP contribution in [0, 0.1) is 17.7 Å². The Bertz CT molecular complexity index is 1650. The lowest BCUT2D eigenvalue weighted by atomic mass is 9.80. The van der Waals surface area contributed by atoms with Crippen LogP contribution in [0.4, 0.5) is 41.3 Å². The molecule has 1 aliphatic carbocycles. The first-order valence-corrected chi connectivity index (χ1v) is 15.7. The average molecular weight is 698 g/mol. The molecule has 3 heterocycles. The molecule has 0 bridgehead atoms. The molecule has 1 saturated heterocycles. The molecule has 1 aromatic carbocycles. The van der Waals surface area contributed by atoms with Crippen LogP contribution >= 0.6 is 0 Å². The molecule has 9 nitrogen and oxygen atoms in total. The maximum atomic E-state index is 14.1. The van der Waals surface area contributed by atoms with Crippen molar-refractivity contribution in [1.29, 1.82) is 0 Å². The molecule has 264 valence electrons. The van der Waals surface area contributed by atoms with Crippen LogP contribution in [0.15, 0.2) is 42.9 Å². The molecule has 2 aromatic heterocycles. The Labute approximate surface area is 277 Å². The summed E-state index contributed by atoms with van der Waals surface area (Å²) in [5, 5.41) is 9.16. The number of carboxylic acid groups (broad SMARTS) is 1. The molecule has 16 heteroatoms. The highest BCUT2D eigenvalue weighted by molar-refractivity contribution is 5.71. The number of carboxylic acids is 1. The molecule has 0 spiro atoms. The van der Waals surface area contributed by atoms with Gasteiger partial charge in [0.25, 0.3) is 0 Å². The van der Waals surface area contributed by atoms with Crippen LogP contribution in [0.2, 0.25) is 0 Å². The van der Waals surface area contributed by atoms with Gasteiger partial charge >= 0.3 is 24.4 Å². The number of nitrogens with zero attached hydrogens (tertiary/aromatic N) is 5. The Hall–Kier alpha value is -4.50. The molecular weight excluding hydrogens is 663 g/mol. The van der Waals surface area contributed by atoms with Crippen molar-refractivity contribution in [3.05, 3.63) is 71.1 Å². The lowest BCUT2D eigenvalue weighted by Crippen LogP contribution is -2.36. The number of hydrogen-bond donors (Lipinski definition) is 1. The van der Waals surface area contributed by atoms with Crippen molar-refractivity contribution >= 4 is 17.9 Å². The van der Waals surface area contributed by atoms with E-state index < -0.39 is 59.1 Å². The van der Waals surface area contributed by atoms with E-state index in [1.54, 1.807) is 0 Å². The first-order chi connectivity index (χ1) is 23.0. The minimum atomic E-state index is -5.09. The van der Waals surface area contributed by atoms with Gasteiger partial charge in [-0.05, 0) is 81.2 Å². The van der Waals surface area contributed by atoms with Gasteiger partial charge in [-0.15, -0.1) is 0 Å². The topological polar surface area (TPSA) is 109 Å². The van der Waals surface area contributed by atoms with Crippen molar-refractivity contribution in [3.8, 4) is 11.3 Å². The molecule has 1 N–H and O–H groups in total. The van der Waals surface area contributed by atoms with E-state index in [1.807, 2.05) is 11.8 Å². The molecule has 49 heavy (non-hydrogen) atoms. The molecule has 5 rings (SSSR count). The summed E-state index contributed by atoms with van der Waals surface area (Å²) in [6.07, 6.45) is -5.61. The standard InChI is InChI=1S/C33H34F7N5O4/c1-3-44(16-20-6-4-19(5-7-20)8-28(46)47)30-27(43-26(15-42-30)22-11-25(34)14-41-13-22)17-45-18(2)29(49-31(45)48)21-9-23(32(35,36)37)12-24(10-21)33(38,39)40/h9-15,18-20,29H,3-8,16-17H2,1-2H3,(H,46,47)/t18-,19?,20?,29?/m0/s1. The summed E-state index contributed by atoms with van der Waals surface area (Å²) in [6.45, 7) is 4.06. The number of carbonyl (C=O) groups excluding carboxylic acids is 1. The van der Waals surface area contributed by atoms with Gasteiger partial charge in [0.15, 0.2) is 5.82 Å². The number of halogens is 7. The third kappa shape index (κ3) is 8.39. The number of hydrogen-bond acceptors (Lipinski definition) is 7. The highest BCUT2D eigenvalue weighted by atomic mass is 19.4. The van der Waals surface area contributed by atoms with E-state index in [9.17, 15) is 40.3 Å². The molecule has 1 saturated carbocycles. The fraction of sp³-hybridized carbons (Fsp3) is 0.485. The molecule has 1 aliphatic heterocycles. The van der Waals surface area contributed by atoms with Crippen molar-refractivity contribution in [3.63, 3.8) is 0 Å². The number of amides is 1. The molecule has 0 radical (unpaired) electrons. The van der Waals surface area contributed by atoms with Crippen LogP contribution in [-0.2, 0) is 28.4 Å². The number of alkyl halides is 6. The zero-order chi connectivity index (χ0) is 35.7. The molecule has 1 unspecified atom stereocenters. The van der Waals surface area contributed by atoms with Gasteiger partial charge in [0.05, 0.1) is 41.8 Å². The summed E-state index contributed by atoms with van der Waals surface area (Å²) in [5.74, 6) is -0.783. The van der Waals surface area contributed by atoms with E-state index in [0.29, 0.717) is 36.6 Å². The second-order valence-corrected chi connectivity index (χ2v) is 12.5. The van der Waals surface area contributed by atoms with Crippen molar-refractivity contribution in [2.75, 3.05) is 18.0 Å². The Kier molecular flexibility index (Phi) is 10.3. The van der Waals surface area contributed by atoms with Gasteiger partial charge in [0, 0.05) is 31.3 Å². The van der Waals surface area contributed by atoms with Gasteiger partial charge in [-0.2, -0.15) is 26.3 Å². The third-order valence-corrected chi connectivity index (χ3v) is 9.06. The quantitative estimate of drug-likeness (QED) is 0.213.